The van der Waals surface area contributed by atoms with Crippen molar-refractivity contribution in [2.24, 2.45) is 0 Å². The van der Waals surface area contributed by atoms with E-state index in [-0.39, 0.29) is 6.42 Å². The van der Waals surface area contributed by atoms with Crippen molar-refractivity contribution in [2.45, 2.75) is 11.8 Å². The minimum Gasteiger partial charge on any atom is -0.277 e. The van der Waals surface area contributed by atoms with Gasteiger partial charge in [-0.05, 0) is 24.1 Å². The second-order valence-corrected chi connectivity index (χ2v) is 3.87. The van der Waals surface area contributed by atoms with E-state index < -0.39 is 23.3 Å². The summed E-state index contributed by atoms with van der Waals surface area (Å²) in [6, 6.07) is 2.33. The number of barbiturate groups is 1. The van der Waals surface area contributed by atoms with Crippen molar-refractivity contribution >= 4 is 17.8 Å². The fourth-order valence-electron chi connectivity index (χ4n) is 1.97. The van der Waals surface area contributed by atoms with Gasteiger partial charge in [-0.2, -0.15) is 0 Å². The summed E-state index contributed by atoms with van der Waals surface area (Å²) in [5.74, 6) is -1.30. The van der Waals surface area contributed by atoms with Crippen LogP contribution in [0.4, 0.5) is 4.79 Å². The van der Waals surface area contributed by atoms with Crippen LogP contribution in [0.15, 0.2) is 37.2 Å². The molecular formula is C12H11N3O3. The van der Waals surface area contributed by atoms with Gasteiger partial charge in [-0.15, -0.1) is 6.58 Å². The van der Waals surface area contributed by atoms with Crippen LogP contribution in [0, 0.1) is 0 Å². The van der Waals surface area contributed by atoms with E-state index in [0.717, 1.165) is 0 Å². The number of carbonyl (C=O) groups is 3. The molecule has 1 fully saturated rings. The number of pyridine rings is 1. The summed E-state index contributed by atoms with van der Waals surface area (Å²) in [5, 5.41) is 4.21. The molecule has 2 rings (SSSR count). The van der Waals surface area contributed by atoms with Crippen LogP contribution < -0.4 is 10.6 Å². The fraction of sp³-hybridized carbons (Fsp3) is 0.167. The first kappa shape index (κ1) is 12.0. The average Bonchev–Trinajstić information content (AvgIpc) is 2.35. The maximum Gasteiger partial charge on any atom is 0.328 e. The molecule has 1 aliphatic rings. The normalized spacial score (nSPS) is 17.9. The molecule has 2 heterocycles. The molecule has 0 unspecified atom stereocenters. The SMILES string of the molecule is C=CCC1(c2ccncc2)C(=O)NC(=O)NC1=O. The number of urea groups is 1. The van der Waals surface area contributed by atoms with E-state index in [0.29, 0.717) is 5.56 Å². The first-order chi connectivity index (χ1) is 8.61. The Balaban J connectivity index is 2.56. The highest BCUT2D eigenvalue weighted by Gasteiger charge is 2.50. The second kappa shape index (κ2) is 4.40. The topological polar surface area (TPSA) is 88.2 Å². The van der Waals surface area contributed by atoms with Crippen molar-refractivity contribution in [3.8, 4) is 0 Å². The third-order valence-electron chi connectivity index (χ3n) is 2.85. The minimum absolute atomic E-state index is 0.0992. The monoisotopic (exact) mass is 245 g/mol. The summed E-state index contributed by atoms with van der Waals surface area (Å²) in [5.41, 5.74) is -0.988. The van der Waals surface area contributed by atoms with Gasteiger partial charge in [0.1, 0.15) is 0 Å². The molecular weight excluding hydrogens is 234 g/mol. The van der Waals surface area contributed by atoms with E-state index >= 15 is 0 Å². The van der Waals surface area contributed by atoms with Crippen LogP contribution in [0.5, 0.6) is 0 Å². The van der Waals surface area contributed by atoms with Crippen LogP contribution in [0.25, 0.3) is 0 Å². The van der Waals surface area contributed by atoms with Crippen LogP contribution in [-0.4, -0.2) is 22.8 Å². The van der Waals surface area contributed by atoms with E-state index in [1.807, 2.05) is 0 Å². The predicted octanol–water partition coefficient (Wildman–Crippen LogP) is 0.261. The summed E-state index contributed by atoms with van der Waals surface area (Å²) < 4.78 is 0. The van der Waals surface area contributed by atoms with E-state index in [1.165, 1.54) is 18.5 Å². The Hall–Kier alpha value is -2.50. The number of imide groups is 2. The Morgan fingerprint density at radius 1 is 1.17 bits per heavy atom. The van der Waals surface area contributed by atoms with E-state index in [1.54, 1.807) is 12.1 Å². The lowest BCUT2D eigenvalue weighted by Crippen LogP contribution is -2.64. The Morgan fingerprint density at radius 3 is 2.22 bits per heavy atom. The number of hydrogen-bond acceptors (Lipinski definition) is 4. The third kappa shape index (κ3) is 1.67. The van der Waals surface area contributed by atoms with Gasteiger partial charge in [0.25, 0.3) is 0 Å². The highest BCUT2D eigenvalue weighted by Crippen LogP contribution is 2.30. The molecule has 0 radical (unpaired) electrons. The smallest absolute Gasteiger partial charge is 0.277 e. The Kier molecular flexibility index (Phi) is 2.93. The van der Waals surface area contributed by atoms with Crippen LogP contribution >= 0.6 is 0 Å². The summed E-state index contributed by atoms with van der Waals surface area (Å²) in [6.07, 6.45) is 4.53. The zero-order valence-corrected chi connectivity index (χ0v) is 9.47. The van der Waals surface area contributed by atoms with Crippen molar-refractivity contribution in [1.82, 2.24) is 15.6 Å². The fourth-order valence-corrected chi connectivity index (χ4v) is 1.97. The summed E-state index contributed by atoms with van der Waals surface area (Å²) in [4.78, 5) is 39.1. The largest absolute Gasteiger partial charge is 0.328 e. The maximum atomic E-state index is 12.1. The van der Waals surface area contributed by atoms with Crippen LogP contribution in [-0.2, 0) is 15.0 Å². The average molecular weight is 245 g/mol. The number of nitrogens with zero attached hydrogens (tertiary/aromatic N) is 1. The Bertz CT molecular complexity index is 505. The number of carbonyl (C=O) groups excluding carboxylic acids is 3. The number of amides is 4. The first-order valence-corrected chi connectivity index (χ1v) is 5.29. The molecule has 1 aliphatic heterocycles. The molecule has 0 aliphatic carbocycles. The molecule has 0 spiro atoms. The van der Waals surface area contributed by atoms with Gasteiger partial charge in [-0.1, -0.05) is 6.08 Å². The molecule has 2 N–H and O–H groups in total. The maximum absolute atomic E-state index is 12.1. The molecule has 92 valence electrons. The minimum atomic E-state index is -1.46. The molecule has 4 amide bonds. The van der Waals surface area contributed by atoms with Gasteiger partial charge in [0.15, 0.2) is 5.41 Å². The Morgan fingerprint density at radius 2 is 1.72 bits per heavy atom. The van der Waals surface area contributed by atoms with Gasteiger partial charge in [0.05, 0.1) is 0 Å². The highest BCUT2D eigenvalue weighted by molar-refractivity contribution is 6.23. The van der Waals surface area contributed by atoms with Crippen molar-refractivity contribution in [1.29, 1.82) is 0 Å². The van der Waals surface area contributed by atoms with Gasteiger partial charge in [0, 0.05) is 12.4 Å². The van der Waals surface area contributed by atoms with Crippen LogP contribution in [0.2, 0.25) is 0 Å². The lowest BCUT2D eigenvalue weighted by atomic mass is 9.75. The van der Waals surface area contributed by atoms with Crippen molar-refractivity contribution in [3.05, 3.63) is 42.7 Å². The summed E-state index contributed by atoms with van der Waals surface area (Å²) in [7, 11) is 0. The number of allylic oxidation sites excluding steroid dienone is 1. The number of aromatic nitrogens is 1. The van der Waals surface area contributed by atoms with Gasteiger partial charge < -0.3 is 0 Å². The van der Waals surface area contributed by atoms with Gasteiger partial charge in [0.2, 0.25) is 11.8 Å². The Labute approximate surface area is 103 Å². The van der Waals surface area contributed by atoms with Crippen molar-refractivity contribution in [3.63, 3.8) is 0 Å². The summed E-state index contributed by atoms with van der Waals surface area (Å²) >= 11 is 0. The molecule has 1 aromatic rings. The zero-order chi connectivity index (χ0) is 13.2. The van der Waals surface area contributed by atoms with E-state index in [9.17, 15) is 14.4 Å². The lowest BCUT2D eigenvalue weighted by Gasteiger charge is -2.33. The van der Waals surface area contributed by atoms with E-state index in [2.05, 4.69) is 22.2 Å². The quantitative estimate of drug-likeness (QED) is 0.590. The van der Waals surface area contributed by atoms with Gasteiger partial charge in [-0.3, -0.25) is 25.2 Å². The van der Waals surface area contributed by atoms with Crippen LogP contribution in [0.3, 0.4) is 0 Å². The highest BCUT2D eigenvalue weighted by atomic mass is 16.2. The molecule has 18 heavy (non-hydrogen) atoms. The van der Waals surface area contributed by atoms with Crippen LogP contribution in [0.1, 0.15) is 12.0 Å². The standard InChI is InChI=1S/C12H11N3O3/c1-2-5-12(8-3-6-13-7-4-8)9(16)14-11(18)15-10(12)17/h2-4,6-7H,1,5H2,(H2,14,15,16,17,18). The number of rotatable bonds is 3. The molecule has 0 bridgehead atoms. The van der Waals surface area contributed by atoms with Gasteiger partial charge >= 0.3 is 6.03 Å². The number of hydrogen-bond donors (Lipinski definition) is 2. The van der Waals surface area contributed by atoms with Gasteiger partial charge in [-0.25, -0.2) is 4.79 Å². The zero-order valence-electron chi connectivity index (χ0n) is 9.47. The molecule has 0 aromatic carbocycles. The second-order valence-electron chi connectivity index (χ2n) is 3.87. The molecule has 6 nitrogen and oxygen atoms in total. The predicted molar refractivity (Wildman–Crippen MR) is 62.4 cm³/mol. The molecule has 1 saturated heterocycles. The molecule has 6 heteroatoms. The van der Waals surface area contributed by atoms with Crippen molar-refractivity contribution in [2.75, 3.05) is 0 Å². The summed E-state index contributed by atoms with van der Waals surface area (Å²) in [6.45, 7) is 3.55. The lowest BCUT2D eigenvalue weighted by molar-refractivity contribution is -0.138. The molecule has 0 saturated carbocycles. The first-order valence-electron chi connectivity index (χ1n) is 5.29. The third-order valence-corrected chi connectivity index (χ3v) is 2.85. The number of nitrogens with one attached hydrogen (secondary N) is 2. The molecule has 1 aromatic heterocycles. The molecule has 0 atom stereocenters. The van der Waals surface area contributed by atoms with E-state index in [4.69, 9.17) is 0 Å². The van der Waals surface area contributed by atoms with Crippen molar-refractivity contribution < 1.29 is 14.4 Å².